The first-order valence-corrected chi connectivity index (χ1v) is 4.82. The summed E-state index contributed by atoms with van der Waals surface area (Å²) in [5.74, 6) is 0. The van der Waals surface area contributed by atoms with E-state index in [0.717, 1.165) is 19.3 Å². The van der Waals surface area contributed by atoms with Gasteiger partial charge < -0.3 is 0 Å². The van der Waals surface area contributed by atoms with Crippen LogP contribution in [0.4, 0.5) is 11.4 Å². The highest BCUT2D eigenvalue weighted by Gasteiger charge is 2.14. The molecule has 1 aromatic rings. The summed E-state index contributed by atoms with van der Waals surface area (Å²) in [6, 6.07) is 3.74. The van der Waals surface area contributed by atoms with Crippen molar-refractivity contribution in [3.8, 4) is 0 Å². The molecule has 4 heteroatoms. The van der Waals surface area contributed by atoms with Gasteiger partial charge in [-0.3, -0.25) is 4.99 Å². The van der Waals surface area contributed by atoms with Gasteiger partial charge in [0.15, 0.2) is 0 Å². The molecule has 1 aromatic carbocycles. The minimum absolute atomic E-state index is 0.385. The van der Waals surface area contributed by atoms with Crippen molar-refractivity contribution in [3.05, 3.63) is 28.2 Å². The zero-order valence-electron chi connectivity index (χ0n) is 8.31. The van der Waals surface area contributed by atoms with E-state index in [4.69, 9.17) is 0 Å². The average Bonchev–Trinajstić information content (AvgIpc) is 2.71. The Balaban J connectivity index is 2.48. The van der Waals surface area contributed by atoms with Gasteiger partial charge in [-0.15, -0.1) is 4.91 Å². The van der Waals surface area contributed by atoms with Crippen molar-refractivity contribution < 1.29 is 0 Å². The number of nitrogens with zero attached hydrogens (tertiary/aromatic N) is 3. The third-order valence-corrected chi connectivity index (χ3v) is 2.57. The van der Waals surface area contributed by atoms with E-state index in [9.17, 15) is 4.91 Å². The van der Waals surface area contributed by atoms with E-state index in [1.54, 1.807) is 0 Å². The van der Waals surface area contributed by atoms with Gasteiger partial charge in [0.05, 0.1) is 5.69 Å². The summed E-state index contributed by atoms with van der Waals surface area (Å²) in [5, 5.41) is 2.98. The van der Waals surface area contributed by atoms with Crippen LogP contribution in [0.1, 0.15) is 17.5 Å². The molecule has 0 heterocycles. The fourth-order valence-electron chi connectivity index (χ4n) is 1.88. The van der Waals surface area contributed by atoms with E-state index in [2.05, 4.69) is 21.9 Å². The van der Waals surface area contributed by atoms with Crippen molar-refractivity contribution in [2.75, 3.05) is 0 Å². The van der Waals surface area contributed by atoms with Gasteiger partial charge in [0, 0.05) is 0 Å². The van der Waals surface area contributed by atoms with Crippen molar-refractivity contribution in [2.45, 2.75) is 19.3 Å². The molecule has 0 radical (unpaired) electrons. The van der Waals surface area contributed by atoms with E-state index in [0.29, 0.717) is 11.4 Å². The van der Waals surface area contributed by atoms with Gasteiger partial charge >= 0.3 is 0 Å². The number of aryl methyl sites for hydroxylation is 2. The van der Waals surface area contributed by atoms with Crippen molar-refractivity contribution >= 4 is 24.4 Å². The quantitative estimate of drug-likeness (QED) is 0.421. The van der Waals surface area contributed by atoms with Gasteiger partial charge in [0.25, 0.3) is 0 Å². The molecule has 0 saturated carbocycles. The molecule has 0 fully saturated rings. The largest absolute Gasteiger partial charge is 0.253 e. The normalized spacial score (nSPS) is 14.1. The van der Waals surface area contributed by atoms with E-state index >= 15 is 0 Å². The fraction of sp³-hybridized carbons (Fsp3) is 0.273. The van der Waals surface area contributed by atoms with Crippen LogP contribution in [0.15, 0.2) is 27.3 Å². The molecule has 0 unspecified atom stereocenters. The van der Waals surface area contributed by atoms with Crippen LogP contribution in [0.25, 0.3) is 0 Å². The number of hydrogen-bond donors (Lipinski definition) is 0. The fourth-order valence-corrected chi connectivity index (χ4v) is 1.88. The van der Waals surface area contributed by atoms with Crippen molar-refractivity contribution in [2.24, 2.45) is 15.2 Å². The first kappa shape index (κ1) is 9.71. The van der Waals surface area contributed by atoms with Gasteiger partial charge in [0.2, 0.25) is 0 Å². The first-order valence-electron chi connectivity index (χ1n) is 4.82. The Kier molecular flexibility index (Phi) is 2.67. The second-order valence-corrected chi connectivity index (χ2v) is 3.48. The molecular formula is C11H11N3O. The molecule has 2 rings (SSSR count). The Hall–Kier alpha value is -1.84. The molecule has 0 N–H and O–H groups in total. The zero-order chi connectivity index (χ0) is 10.7. The number of nitroso groups, excluding NO2 is 1. The Morgan fingerprint density at radius 1 is 1.20 bits per heavy atom. The number of hydrogen-bond acceptors (Lipinski definition) is 3. The van der Waals surface area contributed by atoms with Crippen LogP contribution in [0.5, 0.6) is 0 Å². The highest BCUT2D eigenvalue weighted by Crippen LogP contribution is 2.34. The summed E-state index contributed by atoms with van der Waals surface area (Å²) in [5.41, 5.74) is 3.45. The lowest BCUT2D eigenvalue weighted by atomic mass is 10.1. The van der Waals surface area contributed by atoms with Gasteiger partial charge in [-0.2, -0.15) is 0 Å². The molecule has 4 nitrogen and oxygen atoms in total. The Bertz CT molecular complexity index is 438. The topological polar surface area (TPSA) is 54.1 Å². The second-order valence-electron chi connectivity index (χ2n) is 3.48. The minimum atomic E-state index is 0.385. The Labute approximate surface area is 87.7 Å². The average molecular weight is 201 g/mol. The lowest BCUT2D eigenvalue weighted by Crippen LogP contribution is -1.81. The number of rotatable bonds is 3. The summed E-state index contributed by atoms with van der Waals surface area (Å²) in [4.78, 5) is 18.2. The van der Waals surface area contributed by atoms with E-state index in [-0.39, 0.29) is 0 Å². The van der Waals surface area contributed by atoms with E-state index in [1.165, 1.54) is 17.5 Å². The zero-order valence-corrected chi connectivity index (χ0v) is 8.31. The molecule has 76 valence electrons. The lowest BCUT2D eigenvalue weighted by Gasteiger charge is -2.02. The minimum Gasteiger partial charge on any atom is -0.253 e. The van der Waals surface area contributed by atoms with Gasteiger partial charge in [0.1, 0.15) is 12.0 Å². The van der Waals surface area contributed by atoms with Crippen LogP contribution in [0.2, 0.25) is 0 Å². The van der Waals surface area contributed by atoms with Crippen molar-refractivity contribution in [3.63, 3.8) is 0 Å². The summed E-state index contributed by atoms with van der Waals surface area (Å²) in [6.07, 6.45) is 4.55. The molecular weight excluding hydrogens is 190 g/mol. The first-order chi connectivity index (χ1) is 7.35. The summed E-state index contributed by atoms with van der Waals surface area (Å²) in [6.45, 7) is 3.30. The number of fused-ring (bicyclic) bond motifs is 1. The monoisotopic (exact) mass is 201 g/mol. The molecule has 0 spiro atoms. The van der Waals surface area contributed by atoms with Crippen molar-refractivity contribution in [1.82, 2.24) is 0 Å². The standard InChI is InChI=1S/C11H11N3O/c1-12-7-13-10-5-8-3-2-4-9(8)6-11(10)14-15/h5-7H,1-4H2. The molecule has 0 aliphatic heterocycles. The Morgan fingerprint density at radius 2 is 1.87 bits per heavy atom. The van der Waals surface area contributed by atoms with Gasteiger partial charge in [-0.25, -0.2) is 4.99 Å². The molecule has 0 saturated heterocycles. The van der Waals surface area contributed by atoms with Crippen molar-refractivity contribution in [1.29, 1.82) is 0 Å². The lowest BCUT2D eigenvalue weighted by molar-refractivity contribution is 0.912. The number of aliphatic imine (C=N–C) groups is 2. The predicted molar refractivity (Wildman–Crippen MR) is 61.6 cm³/mol. The number of benzene rings is 1. The highest BCUT2D eigenvalue weighted by atomic mass is 16.3. The molecule has 1 aliphatic rings. The molecule has 15 heavy (non-hydrogen) atoms. The SMILES string of the molecule is C=NC=Nc1cc2c(cc1N=O)CCC2. The van der Waals surface area contributed by atoms with Gasteiger partial charge in [-0.05, 0) is 54.4 Å². The third-order valence-electron chi connectivity index (χ3n) is 2.57. The van der Waals surface area contributed by atoms with E-state index < -0.39 is 0 Å². The van der Waals surface area contributed by atoms with Crippen LogP contribution in [0.3, 0.4) is 0 Å². The maximum absolute atomic E-state index is 10.6. The van der Waals surface area contributed by atoms with Crippen LogP contribution in [-0.2, 0) is 12.8 Å². The summed E-state index contributed by atoms with van der Waals surface area (Å²) >= 11 is 0. The smallest absolute Gasteiger partial charge is 0.133 e. The van der Waals surface area contributed by atoms with Gasteiger partial charge in [-0.1, -0.05) is 0 Å². The molecule has 0 atom stereocenters. The molecule has 1 aliphatic carbocycles. The second kappa shape index (κ2) is 4.13. The predicted octanol–water partition coefficient (Wildman–Crippen LogP) is 2.93. The molecule has 0 aromatic heterocycles. The maximum Gasteiger partial charge on any atom is 0.133 e. The van der Waals surface area contributed by atoms with Crippen LogP contribution in [0, 0.1) is 4.91 Å². The third kappa shape index (κ3) is 1.83. The highest BCUT2D eigenvalue weighted by molar-refractivity contribution is 5.73. The Morgan fingerprint density at radius 3 is 2.47 bits per heavy atom. The van der Waals surface area contributed by atoms with Crippen LogP contribution >= 0.6 is 0 Å². The summed E-state index contributed by atoms with van der Waals surface area (Å²) in [7, 11) is 0. The van der Waals surface area contributed by atoms with E-state index in [1.807, 2.05) is 12.1 Å². The molecule has 0 bridgehead atoms. The maximum atomic E-state index is 10.6. The van der Waals surface area contributed by atoms with Crippen LogP contribution < -0.4 is 0 Å². The van der Waals surface area contributed by atoms with Crippen LogP contribution in [-0.4, -0.2) is 13.1 Å². The summed E-state index contributed by atoms with van der Waals surface area (Å²) < 4.78 is 0. The molecule has 0 amide bonds.